The molecule has 0 aliphatic carbocycles. The van der Waals surface area contributed by atoms with Crippen molar-refractivity contribution < 1.29 is 0 Å². The van der Waals surface area contributed by atoms with Crippen LogP contribution in [0.3, 0.4) is 0 Å². The molecule has 3 aromatic rings. The molecule has 1 heterocycles. The molecule has 0 amide bonds. The zero-order valence-corrected chi connectivity index (χ0v) is 10.2. The van der Waals surface area contributed by atoms with E-state index in [2.05, 4.69) is 42.2 Å². The van der Waals surface area contributed by atoms with Crippen molar-refractivity contribution >= 4 is 22.1 Å². The van der Waals surface area contributed by atoms with Gasteiger partial charge in [-0.05, 0) is 29.3 Å². The molecule has 0 spiro atoms. The van der Waals surface area contributed by atoms with Gasteiger partial charge < -0.3 is 4.98 Å². The van der Waals surface area contributed by atoms with Gasteiger partial charge in [0.15, 0.2) is 0 Å². The topological polar surface area (TPSA) is 32.9 Å². The van der Waals surface area contributed by atoms with E-state index in [1.807, 2.05) is 11.4 Å². The highest BCUT2D eigenvalue weighted by Gasteiger charge is 2.02. The van der Waals surface area contributed by atoms with E-state index in [1.54, 1.807) is 0 Å². The van der Waals surface area contributed by atoms with Gasteiger partial charge in [-0.25, -0.2) is 0 Å². The molecule has 0 radical (unpaired) electrons. The van der Waals surface area contributed by atoms with Crippen LogP contribution in [0.5, 0.6) is 0 Å². The Bertz CT molecular complexity index is 739. The number of thiazole rings is 1. The van der Waals surface area contributed by atoms with Crippen molar-refractivity contribution in [1.82, 2.24) is 4.98 Å². The van der Waals surface area contributed by atoms with Gasteiger partial charge in [0.25, 0.3) is 0 Å². The largest absolute Gasteiger partial charge is 0.312 e. The summed E-state index contributed by atoms with van der Waals surface area (Å²) in [7, 11) is 0. The summed E-state index contributed by atoms with van der Waals surface area (Å²) in [6, 6.07) is 12.6. The number of rotatable bonds is 1. The number of benzene rings is 2. The molecule has 0 unspecified atom stereocenters. The van der Waals surface area contributed by atoms with E-state index in [9.17, 15) is 4.79 Å². The number of fused-ring (bicyclic) bond motifs is 1. The summed E-state index contributed by atoms with van der Waals surface area (Å²) in [6.45, 7) is 2.09. The van der Waals surface area contributed by atoms with Crippen LogP contribution in [0.25, 0.3) is 22.0 Å². The van der Waals surface area contributed by atoms with Crippen LogP contribution in [-0.2, 0) is 0 Å². The third-order valence-corrected chi connectivity index (χ3v) is 3.50. The molecule has 0 aliphatic heterocycles. The zero-order chi connectivity index (χ0) is 11.8. The van der Waals surface area contributed by atoms with Crippen LogP contribution in [0, 0.1) is 6.92 Å². The maximum absolute atomic E-state index is 11.1. The van der Waals surface area contributed by atoms with Gasteiger partial charge in [-0.2, -0.15) is 0 Å². The molecule has 0 atom stereocenters. The first-order chi connectivity index (χ1) is 8.22. The van der Waals surface area contributed by atoms with Gasteiger partial charge in [0.1, 0.15) is 0 Å². The maximum atomic E-state index is 11.1. The fourth-order valence-electron chi connectivity index (χ4n) is 1.95. The second-order valence-corrected chi connectivity index (χ2v) is 4.97. The molecule has 2 nitrogen and oxygen atoms in total. The van der Waals surface area contributed by atoms with Gasteiger partial charge in [-0.3, -0.25) is 4.79 Å². The molecular formula is C14H11NOS. The predicted octanol–water partition coefficient (Wildman–Crippen LogP) is 3.57. The van der Waals surface area contributed by atoms with Crippen LogP contribution < -0.4 is 4.87 Å². The summed E-state index contributed by atoms with van der Waals surface area (Å²) in [5, 5.41) is 4.28. The Morgan fingerprint density at radius 1 is 1.06 bits per heavy atom. The Kier molecular flexibility index (Phi) is 2.34. The first-order valence-electron chi connectivity index (χ1n) is 5.41. The lowest BCUT2D eigenvalue weighted by Gasteiger charge is -2.02. The fraction of sp³-hybridized carbons (Fsp3) is 0.0714. The summed E-state index contributed by atoms with van der Waals surface area (Å²) in [4.78, 5) is 14.0. The molecule has 3 heteroatoms. The van der Waals surface area contributed by atoms with Crippen LogP contribution in [0.2, 0.25) is 0 Å². The minimum atomic E-state index is -0.0102. The minimum absolute atomic E-state index is 0.0102. The standard InChI is InChI=1S/C14H11NOS/c1-9-2-3-11-7-12(5-4-10(11)6-9)13-8-17-14(16)15-13/h2-8H,1H3,(H,15,16). The number of nitrogens with one attached hydrogen (secondary N) is 1. The molecule has 0 fully saturated rings. The average Bonchev–Trinajstić information content (AvgIpc) is 2.75. The highest BCUT2D eigenvalue weighted by atomic mass is 32.1. The Balaban J connectivity index is 2.20. The first-order valence-corrected chi connectivity index (χ1v) is 6.29. The lowest BCUT2D eigenvalue weighted by molar-refractivity contribution is 1.34. The SMILES string of the molecule is Cc1ccc2cc(-c3csc(=O)[nH]3)ccc2c1. The molecule has 3 rings (SSSR count). The molecule has 0 aliphatic rings. The van der Waals surface area contributed by atoms with Gasteiger partial charge in [0.05, 0.1) is 5.69 Å². The van der Waals surface area contributed by atoms with Crippen molar-refractivity contribution in [2.24, 2.45) is 0 Å². The summed E-state index contributed by atoms with van der Waals surface area (Å²) in [6.07, 6.45) is 0. The van der Waals surface area contributed by atoms with Crippen LogP contribution in [-0.4, -0.2) is 4.98 Å². The summed E-state index contributed by atoms with van der Waals surface area (Å²) in [5.74, 6) is 0. The predicted molar refractivity (Wildman–Crippen MR) is 72.6 cm³/mol. The van der Waals surface area contributed by atoms with E-state index < -0.39 is 0 Å². The molecule has 0 bridgehead atoms. The van der Waals surface area contributed by atoms with Gasteiger partial charge >= 0.3 is 4.87 Å². The van der Waals surface area contributed by atoms with E-state index >= 15 is 0 Å². The lowest BCUT2D eigenvalue weighted by atomic mass is 10.0. The van der Waals surface area contributed by atoms with Crippen molar-refractivity contribution in [3.05, 3.63) is 57.0 Å². The number of H-pyrrole nitrogens is 1. The van der Waals surface area contributed by atoms with E-state index in [-0.39, 0.29) is 4.87 Å². The van der Waals surface area contributed by atoms with Crippen molar-refractivity contribution in [2.45, 2.75) is 6.92 Å². The highest BCUT2D eigenvalue weighted by molar-refractivity contribution is 7.07. The quantitative estimate of drug-likeness (QED) is 0.694. The third kappa shape index (κ3) is 1.89. The van der Waals surface area contributed by atoms with E-state index in [0.717, 1.165) is 11.3 Å². The van der Waals surface area contributed by atoms with Crippen LogP contribution in [0.15, 0.2) is 46.6 Å². The number of aryl methyl sites for hydroxylation is 1. The Morgan fingerprint density at radius 3 is 2.59 bits per heavy atom. The van der Waals surface area contributed by atoms with Crippen LogP contribution in [0.1, 0.15) is 5.56 Å². The zero-order valence-electron chi connectivity index (χ0n) is 9.36. The highest BCUT2D eigenvalue weighted by Crippen LogP contribution is 2.23. The average molecular weight is 241 g/mol. The van der Waals surface area contributed by atoms with E-state index in [0.29, 0.717) is 0 Å². The number of aromatic amines is 1. The van der Waals surface area contributed by atoms with Gasteiger partial charge in [-0.1, -0.05) is 47.2 Å². The maximum Gasteiger partial charge on any atom is 0.304 e. The first kappa shape index (κ1) is 10.3. The number of hydrogen-bond donors (Lipinski definition) is 1. The Morgan fingerprint density at radius 2 is 1.82 bits per heavy atom. The third-order valence-electron chi connectivity index (χ3n) is 2.83. The summed E-state index contributed by atoms with van der Waals surface area (Å²) >= 11 is 1.20. The van der Waals surface area contributed by atoms with Gasteiger partial charge in [0.2, 0.25) is 0 Å². The molecule has 17 heavy (non-hydrogen) atoms. The number of aromatic nitrogens is 1. The molecule has 0 saturated heterocycles. The van der Waals surface area contributed by atoms with Gasteiger partial charge in [0, 0.05) is 5.38 Å². The van der Waals surface area contributed by atoms with Crippen LogP contribution in [0.4, 0.5) is 0 Å². The minimum Gasteiger partial charge on any atom is -0.312 e. The Hall–Kier alpha value is -1.87. The number of hydrogen-bond acceptors (Lipinski definition) is 2. The monoisotopic (exact) mass is 241 g/mol. The molecule has 84 valence electrons. The summed E-state index contributed by atoms with van der Waals surface area (Å²) in [5.41, 5.74) is 3.20. The Labute approximate surface area is 103 Å². The molecular weight excluding hydrogens is 230 g/mol. The van der Waals surface area contributed by atoms with Crippen molar-refractivity contribution in [3.63, 3.8) is 0 Å². The molecule has 1 N–H and O–H groups in total. The van der Waals surface area contributed by atoms with E-state index in [4.69, 9.17) is 0 Å². The molecule has 1 aromatic heterocycles. The van der Waals surface area contributed by atoms with Gasteiger partial charge in [-0.15, -0.1) is 0 Å². The summed E-state index contributed by atoms with van der Waals surface area (Å²) < 4.78 is 0. The normalized spacial score (nSPS) is 10.9. The fourth-order valence-corrected chi connectivity index (χ4v) is 2.54. The second-order valence-electron chi connectivity index (χ2n) is 4.13. The van der Waals surface area contributed by atoms with E-state index in [1.165, 1.54) is 27.7 Å². The smallest absolute Gasteiger partial charge is 0.304 e. The van der Waals surface area contributed by atoms with Crippen LogP contribution >= 0.6 is 11.3 Å². The van der Waals surface area contributed by atoms with Crippen molar-refractivity contribution in [1.29, 1.82) is 0 Å². The van der Waals surface area contributed by atoms with Crippen molar-refractivity contribution in [3.8, 4) is 11.3 Å². The lowest BCUT2D eigenvalue weighted by Crippen LogP contribution is -1.92. The van der Waals surface area contributed by atoms with Crippen molar-refractivity contribution in [2.75, 3.05) is 0 Å². The molecule has 0 saturated carbocycles. The molecule has 2 aromatic carbocycles. The second kappa shape index (κ2) is 3.86.